The van der Waals surface area contributed by atoms with Crippen molar-refractivity contribution in [3.63, 3.8) is 0 Å². The zero-order chi connectivity index (χ0) is 15.8. The molecule has 3 N–H and O–H groups in total. The molecule has 2 aromatic carbocycles. The van der Waals surface area contributed by atoms with Gasteiger partial charge < -0.3 is 5.73 Å². The largest absolute Gasteiger partial charge is 0.399 e. The summed E-state index contributed by atoms with van der Waals surface area (Å²) in [5.74, 6) is -3.74. The van der Waals surface area contributed by atoms with Gasteiger partial charge in [-0.25, -0.2) is 21.6 Å². The van der Waals surface area contributed by atoms with E-state index in [2.05, 4.69) is 0 Å². The molecule has 0 radical (unpaired) electrons. The molecule has 21 heavy (non-hydrogen) atoms. The number of nitrogen functional groups attached to an aromatic ring is 1. The van der Waals surface area contributed by atoms with Crippen molar-refractivity contribution in [3.8, 4) is 0 Å². The molecule has 0 saturated heterocycles. The number of nitrogens with one attached hydrogen (secondary N) is 1. The van der Waals surface area contributed by atoms with Crippen LogP contribution in [-0.4, -0.2) is 8.42 Å². The molecular formula is C12H8ClF3N2O2S. The molecule has 0 aliphatic carbocycles. The van der Waals surface area contributed by atoms with Gasteiger partial charge in [-0.1, -0.05) is 11.6 Å². The highest BCUT2D eigenvalue weighted by Crippen LogP contribution is 2.26. The van der Waals surface area contributed by atoms with Crippen LogP contribution >= 0.6 is 11.6 Å². The SMILES string of the molecule is Nc1cc(F)c(S(=O)(=O)Nc2ccc(Cl)cc2F)c(F)c1. The lowest BCUT2D eigenvalue weighted by molar-refractivity contribution is 0.522. The minimum atomic E-state index is -4.67. The van der Waals surface area contributed by atoms with Gasteiger partial charge in [-0.3, -0.25) is 4.72 Å². The topological polar surface area (TPSA) is 72.2 Å². The predicted octanol–water partition coefficient (Wildman–Crippen LogP) is 3.14. The van der Waals surface area contributed by atoms with Crippen LogP contribution in [-0.2, 0) is 10.0 Å². The van der Waals surface area contributed by atoms with Crippen LogP contribution in [0, 0.1) is 17.5 Å². The Morgan fingerprint density at radius 3 is 2.10 bits per heavy atom. The zero-order valence-electron chi connectivity index (χ0n) is 10.2. The number of hydrogen-bond donors (Lipinski definition) is 2. The van der Waals surface area contributed by atoms with Crippen LogP contribution in [0.5, 0.6) is 0 Å². The zero-order valence-corrected chi connectivity index (χ0v) is 11.8. The molecule has 4 nitrogen and oxygen atoms in total. The second kappa shape index (κ2) is 5.45. The molecule has 2 aromatic rings. The molecule has 0 heterocycles. The number of halogens is 4. The first-order valence-corrected chi connectivity index (χ1v) is 7.29. The summed E-state index contributed by atoms with van der Waals surface area (Å²) in [6.07, 6.45) is 0. The van der Waals surface area contributed by atoms with Gasteiger partial charge >= 0.3 is 0 Å². The van der Waals surface area contributed by atoms with Crippen molar-refractivity contribution in [1.29, 1.82) is 0 Å². The van der Waals surface area contributed by atoms with E-state index in [1.807, 2.05) is 0 Å². The van der Waals surface area contributed by atoms with Crippen LogP contribution in [0.25, 0.3) is 0 Å². The van der Waals surface area contributed by atoms with Gasteiger partial charge in [-0.05, 0) is 30.3 Å². The third-order valence-electron chi connectivity index (χ3n) is 2.46. The van der Waals surface area contributed by atoms with Crippen LogP contribution in [0.15, 0.2) is 35.2 Å². The Labute approximate surface area is 123 Å². The Morgan fingerprint density at radius 2 is 1.57 bits per heavy atom. The molecule has 0 spiro atoms. The van der Waals surface area contributed by atoms with E-state index in [0.29, 0.717) is 12.1 Å². The average molecular weight is 337 g/mol. The van der Waals surface area contributed by atoms with E-state index in [0.717, 1.165) is 12.1 Å². The summed E-state index contributed by atoms with van der Waals surface area (Å²) in [6.45, 7) is 0. The van der Waals surface area contributed by atoms with Crippen LogP contribution < -0.4 is 10.5 Å². The third-order valence-corrected chi connectivity index (χ3v) is 4.12. The Bertz CT molecular complexity index is 789. The fourth-order valence-electron chi connectivity index (χ4n) is 1.60. The number of rotatable bonds is 3. The molecule has 0 saturated carbocycles. The van der Waals surface area contributed by atoms with Crippen LogP contribution in [0.1, 0.15) is 0 Å². The summed E-state index contributed by atoms with van der Waals surface area (Å²) >= 11 is 5.52. The highest BCUT2D eigenvalue weighted by molar-refractivity contribution is 7.92. The van der Waals surface area contributed by atoms with Gasteiger partial charge in [0.15, 0.2) is 4.90 Å². The summed E-state index contributed by atoms with van der Waals surface area (Å²) in [7, 11) is -4.67. The van der Waals surface area contributed by atoms with E-state index in [1.54, 1.807) is 4.72 Å². The molecule has 0 fully saturated rings. The Kier molecular flexibility index (Phi) is 4.02. The van der Waals surface area contributed by atoms with Gasteiger partial charge in [0.2, 0.25) is 0 Å². The maximum Gasteiger partial charge on any atom is 0.267 e. The second-order valence-electron chi connectivity index (χ2n) is 4.04. The number of benzene rings is 2. The molecule has 2 rings (SSSR count). The summed E-state index contributed by atoms with van der Waals surface area (Å²) in [5, 5.41) is 0.0419. The predicted molar refractivity (Wildman–Crippen MR) is 73.0 cm³/mol. The number of nitrogens with two attached hydrogens (primary N) is 1. The van der Waals surface area contributed by atoms with Crippen molar-refractivity contribution in [2.45, 2.75) is 4.90 Å². The van der Waals surface area contributed by atoms with E-state index in [4.69, 9.17) is 17.3 Å². The van der Waals surface area contributed by atoms with Gasteiger partial charge in [-0.2, -0.15) is 0 Å². The first-order valence-electron chi connectivity index (χ1n) is 5.43. The first-order chi connectivity index (χ1) is 9.70. The molecule has 112 valence electrons. The van der Waals surface area contributed by atoms with E-state index in [-0.39, 0.29) is 10.7 Å². The summed E-state index contributed by atoms with van der Waals surface area (Å²) in [5.41, 5.74) is 4.43. The van der Waals surface area contributed by atoms with Gasteiger partial charge in [0.25, 0.3) is 10.0 Å². The molecule has 0 aromatic heterocycles. The molecule has 0 unspecified atom stereocenters. The summed E-state index contributed by atoms with van der Waals surface area (Å²) in [6, 6.07) is 4.40. The van der Waals surface area contributed by atoms with Gasteiger partial charge in [-0.15, -0.1) is 0 Å². The average Bonchev–Trinajstić information content (AvgIpc) is 2.30. The van der Waals surface area contributed by atoms with Crippen LogP contribution in [0.4, 0.5) is 24.5 Å². The lowest BCUT2D eigenvalue weighted by atomic mass is 10.3. The van der Waals surface area contributed by atoms with Gasteiger partial charge in [0, 0.05) is 10.7 Å². The standard InChI is InChI=1S/C12H8ClF3N2O2S/c13-6-1-2-11(8(14)3-6)18-21(19,20)12-9(15)4-7(17)5-10(12)16/h1-5,18H,17H2. The first kappa shape index (κ1) is 15.5. The van der Waals surface area contributed by atoms with E-state index >= 15 is 0 Å². The Morgan fingerprint density at radius 1 is 1.00 bits per heavy atom. The van der Waals surface area contributed by atoms with Crippen molar-refractivity contribution in [3.05, 3.63) is 52.8 Å². The van der Waals surface area contributed by atoms with Crippen molar-refractivity contribution in [2.75, 3.05) is 10.5 Å². The number of sulfonamides is 1. The fraction of sp³-hybridized carbons (Fsp3) is 0. The highest BCUT2D eigenvalue weighted by Gasteiger charge is 2.25. The molecule has 0 aliphatic heterocycles. The minimum absolute atomic E-state index is 0.0419. The van der Waals surface area contributed by atoms with Crippen molar-refractivity contribution < 1.29 is 21.6 Å². The van der Waals surface area contributed by atoms with Crippen molar-refractivity contribution >= 4 is 33.0 Å². The van der Waals surface area contributed by atoms with Gasteiger partial charge in [0.05, 0.1) is 5.69 Å². The quantitative estimate of drug-likeness (QED) is 0.846. The van der Waals surface area contributed by atoms with E-state index < -0.39 is 38.1 Å². The normalized spacial score (nSPS) is 11.4. The second-order valence-corrected chi connectivity index (χ2v) is 6.10. The minimum Gasteiger partial charge on any atom is -0.399 e. The maximum absolute atomic E-state index is 13.6. The number of hydrogen-bond acceptors (Lipinski definition) is 3. The summed E-state index contributed by atoms with van der Waals surface area (Å²) < 4.78 is 66.5. The van der Waals surface area contributed by atoms with Gasteiger partial charge in [0.1, 0.15) is 17.5 Å². The van der Waals surface area contributed by atoms with Crippen LogP contribution in [0.2, 0.25) is 5.02 Å². The molecule has 0 amide bonds. The molecule has 0 bridgehead atoms. The maximum atomic E-state index is 13.6. The monoisotopic (exact) mass is 336 g/mol. The van der Waals surface area contributed by atoms with Crippen LogP contribution in [0.3, 0.4) is 0 Å². The lowest BCUT2D eigenvalue weighted by Crippen LogP contribution is -2.17. The highest BCUT2D eigenvalue weighted by atomic mass is 35.5. The Hall–Kier alpha value is -1.93. The molecule has 0 aliphatic rings. The Balaban J connectivity index is 2.48. The summed E-state index contributed by atoms with van der Waals surface area (Å²) in [4.78, 5) is -1.24. The third kappa shape index (κ3) is 3.22. The number of anilines is 2. The fourth-order valence-corrected chi connectivity index (χ4v) is 2.95. The van der Waals surface area contributed by atoms with E-state index in [1.165, 1.54) is 6.07 Å². The van der Waals surface area contributed by atoms with Crippen molar-refractivity contribution in [1.82, 2.24) is 0 Å². The molecular weight excluding hydrogens is 329 g/mol. The van der Waals surface area contributed by atoms with E-state index in [9.17, 15) is 21.6 Å². The lowest BCUT2D eigenvalue weighted by Gasteiger charge is -2.11. The molecule has 0 atom stereocenters. The molecule has 9 heteroatoms. The van der Waals surface area contributed by atoms with Crippen molar-refractivity contribution in [2.24, 2.45) is 0 Å². The smallest absolute Gasteiger partial charge is 0.267 e.